The first-order valence-corrected chi connectivity index (χ1v) is 3.43. The Kier molecular flexibility index (Phi) is 3.65. The first kappa shape index (κ1) is 10.0. The molecule has 64 valence electrons. The van der Waals surface area contributed by atoms with Gasteiger partial charge in [0.05, 0.1) is 18.9 Å². The molecule has 0 radical (unpaired) electrons. The lowest BCUT2D eigenvalue weighted by atomic mass is 9.99. The third-order valence-corrected chi connectivity index (χ3v) is 0.858. The molecule has 0 bridgehead atoms. The van der Waals surface area contributed by atoms with Crippen LogP contribution in [0.15, 0.2) is 12.3 Å². The fourth-order valence-electron chi connectivity index (χ4n) is 0.397. The van der Waals surface area contributed by atoms with Crippen LogP contribution in [0.3, 0.4) is 0 Å². The largest absolute Gasteiger partial charge is 0.515 e. The van der Waals surface area contributed by atoms with E-state index >= 15 is 0 Å². The molecule has 0 saturated carbocycles. The molecular weight excluding hydrogens is 144 g/mol. The average molecular weight is 158 g/mol. The molecule has 0 spiro atoms. The molecule has 0 aliphatic carbocycles. The van der Waals surface area contributed by atoms with Gasteiger partial charge in [0.1, 0.15) is 0 Å². The van der Waals surface area contributed by atoms with Crippen molar-refractivity contribution < 1.29 is 14.6 Å². The zero-order valence-electron chi connectivity index (χ0n) is 7.13. The lowest BCUT2D eigenvalue weighted by molar-refractivity contribution is -0.140. The Hall–Kier alpha value is -0.990. The maximum Gasteiger partial charge on any atom is 0.333 e. The molecule has 0 atom stereocenters. The Labute approximate surface area is 66.7 Å². The molecule has 0 aromatic heterocycles. The van der Waals surface area contributed by atoms with Crippen LogP contribution in [0.4, 0.5) is 0 Å². The van der Waals surface area contributed by atoms with Crippen LogP contribution in [0.5, 0.6) is 0 Å². The quantitative estimate of drug-likeness (QED) is 0.377. The molecule has 0 rings (SSSR count). The summed E-state index contributed by atoms with van der Waals surface area (Å²) in [5, 5.41) is 8.18. The summed E-state index contributed by atoms with van der Waals surface area (Å²) in [6.45, 7) is 6.24. The lowest BCUT2D eigenvalue weighted by Gasteiger charge is -2.16. The van der Waals surface area contributed by atoms with Crippen molar-refractivity contribution in [1.82, 2.24) is 0 Å². The summed E-state index contributed by atoms with van der Waals surface area (Å²) in [6, 6.07) is 0. The smallest absolute Gasteiger partial charge is 0.333 e. The lowest BCUT2D eigenvalue weighted by Crippen LogP contribution is -2.17. The monoisotopic (exact) mass is 158 g/mol. The summed E-state index contributed by atoms with van der Waals surface area (Å²) >= 11 is 0. The van der Waals surface area contributed by atoms with Crippen LogP contribution >= 0.6 is 0 Å². The van der Waals surface area contributed by atoms with E-state index in [0.717, 1.165) is 6.08 Å². The second kappa shape index (κ2) is 4.01. The van der Waals surface area contributed by atoms with Crippen LogP contribution < -0.4 is 0 Å². The molecule has 0 aliphatic rings. The van der Waals surface area contributed by atoms with Crippen molar-refractivity contribution >= 4 is 5.97 Å². The molecule has 11 heavy (non-hydrogen) atoms. The van der Waals surface area contributed by atoms with Gasteiger partial charge >= 0.3 is 5.97 Å². The number of aliphatic hydroxyl groups excluding tert-OH is 1. The molecule has 0 aliphatic heterocycles. The Balaban J connectivity index is 3.63. The van der Waals surface area contributed by atoms with Crippen molar-refractivity contribution in [2.45, 2.75) is 20.8 Å². The minimum atomic E-state index is -0.512. The normalized spacial score (nSPS) is 11.9. The predicted molar refractivity (Wildman–Crippen MR) is 42.2 cm³/mol. The van der Waals surface area contributed by atoms with Gasteiger partial charge in [-0.15, -0.1) is 0 Å². The Morgan fingerprint density at radius 3 is 2.45 bits per heavy atom. The number of hydrogen-bond donors (Lipinski definition) is 1. The number of ether oxygens (including phenoxy) is 1. The van der Waals surface area contributed by atoms with E-state index in [9.17, 15) is 4.79 Å². The van der Waals surface area contributed by atoms with Crippen LogP contribution in [0.2, 0.25) is 0 Å². The van der Waals surface area contributed by atoms with Gasteiger partial charge in [-0.05, 0) is 5.41 Å². The van der Waals surface area contributed by atoms with E-state index in [4.69, 9.17) is 9.84 Å². The average Bonchev–Trinajstić information content (AvgIpc) is 1.83. The number of esters is 1. The predicted octanol–water partition coefficient (Wildman–Crippen LogP) is 1.65. The second-order valence-electron chi connectivity index (χ2n) is 3.48. The van der Waals surface area contributed by atoms with Gasteiger partial charge in [-0.25, -0.2) is 4.79 Å². The number of aliphatic hydroxyl groups is 1. The molecule has 3 heteroatoms. The highest BCUT2D eigenvalue weighted by atomic mass is 16.5. The van der Waals surface area contributed by atoms with Gasteiger partial charge in [-0.3, -0.25) is 0 Å². The van der Waals surface area contributed by atoms with E-state index in [1.54, 1.807) is 0 Å². The van der Waals surface area contributed by atoms with Crippen LogP contribution in [-0.4, -0.2) is 17.7 Å². The second-order valence-corrected chi connectivity index (χ2v) is 3.48. The van der Waals surface area contributed by atoms with E-state index < -0.39 is 5.97 Å². The van der Waals surface area contributed by atoms with Gasteiger partial charge in [0.15, 0.2) is 0 Å². The number of carbonyl (C=O) groups excluding carboxylic acids is 1. The zero-order chi connectivity index (χ0) is 8.91. The highest BCUT2D eigenvalue weighted by molar-refractivity contribution is 5.81. The maximum atomic E-state index is 10.6. The van der Waals surface area contributed by atoms with Gasteiger partial charge in [0.2, 0.25) is 0 Å². The SMILES string of the molecule is CC(C)(C)COC(=O)C=CO. The molecule has 0 aromatic carbocycles. The molecule has 0 amide bonds. The topological polar surface area (TPSA) is 46.5 Å². The molecular formula is C8H14O3. The molecule has 0 unspecified atom stereocenters. The highest BCUT2D eigenvalue weighted by Crippen LogP contribution is 2.12. The van der Waals surface area contributed by atoms with Gasteiger partial charge in [-0.2, -0.15) is 0 Å². The molecule has 0 fully saturated rings. The summed E-state index contributed by atoms with van der Waals surface area (Å²) < 4.78 is 4.76. The molecule has 1 N–H and O–H groups in total. The first-order valence-electron chi connectivity index (χ1n) is 3.43. The molecule has 0 heterocycles. The first-order chi connectivity index (χ1) is 4.95. The van der Waals surface area contributed by atoms with E-state index in [1.165, 1.54) is 0 Å². The van der Waals surface area contributed by atoms with E-state index in [2.05, 4.69) is 0 Å². The van der Waals surface area contributed by atoms with Crippen molar-refractivity contribution in [2.75, 3.05) is 6.61 Å². The van der Waals surface area contributed by atoms with Gasteiger partial charge in [-0.1, -0.05) is 20.8 Å². The van der Waals surface area contributed by atoms with Gasteiger partial charge in [0.25, 0.3) is 0 Å². The third kappa shape index (κ3) is 6.90. The van der Waals surface area contributed by atoms with E-state index in [0.29, 0.717) is 12.9 Å². The molecule has 0 aromatic rings. The summed E-state index contributed by atoms with van der Waals surface area (Å²) in [5.74, 6) is -0.512. The zero-order valence-corrected chi connectivity index (χ0v) is 7.13. The van der Waals surface area contributed by atoms with Crippen molar-refractivity contribution in [3.05, 3.63) is 12.3 Å². The number of carbonyl (C=O) groups is 1. The summed E-state index contributed by atoms with van der Waals surface area (Å²) in [7, 11) is 0. The fraction of sp³-hybridized carbons (Fsp3) is 0.625. The molecule has 3 nitrogen and oxygen atoms in total. The Bertz CT molecular complexity index is 153. The Morgan fingerprint density at radius 2 is 2.09 bits per heavy atom. The van der Waals surface area contributed by atoms with Crippen molar-refractivity contribution in [3.8, 4) is 0 Å². The summed E-state index contributed by atoms with van der Waals surface area (Å²) in [6.07, 6.45) is 1.65. The fourth-order valence-corrected chi connectivity index (χ4v) is 0.397. The third-order valence-electron chi connectivity index (χ3n) is 0.858. The van der Waals surface area contributed by atoms with Crippen LogP contribution in [-0.2, 0) is 9.53 Å². The van der Waals surface area contributed by atoms with Crippen LogP contribution in [0.25, 0.3) is 0 Å². The van der Waals surface area contributed by atoms with Crippen LogP contribution in [0, 0.1) is 5.41 Å². The van der Waals surface area contributed by atoms with Gasteiger partial charge < -0.3 is 9.84 Å². The molecule has 0 saturated heterocycles. The Morgan fingerprint density at radius 1 is 1.55 bits per heavy atom. The van der Waals surface area contributed by atoms with E-state index in [1.807, 2.05) is 20.8 Å². The summed E-state index contributed by atoms with van der Waals surface area (Å²) in [5.41, 5.74) is -0.0288. The minimum absolute atomic E-state index is 0.0288. The van der Waals surface area contributed by atoms with Crippen molar-refractivity contribution in [3.63, 3.8) is 0 Å². The maximum absolute atomic E-state index is 10.6. The van der Waals surface area contributed by atoms with Crippen molar-refractivity contribution in [1.29, 1.82) is 0 Å². The standard InChI is InChI=1S/C8H14O3/c1-8(2,3)6-11-7(10)4-5-9/h4-5,9H,6H2,1-3H3. The van der Waals surface area contributed by atoms with Crippen molar-refractivity contribution in [2.24, 2.45) is 5.41 Å². The summed E-state index contributed by atoms with van der Waals surface area (Å²) in [4.78, 5) is 10.6. The van der Waals surface area contributed by atoms with Crippen LogP contribution in [0.1, 0.15) is 20.8 Å². The number of hydrogen-bond acceptors (Lipinski definition) is 3. The van der Waals surface area contributed by atoms with E-state index in [-0.39, 0.29) is 5.41 Å². The van der Waals surface area contributed by atoms with Gasteiger partial charge in [0, 0.05) is 0 Å². The highest BCUT2D eigenvalue weighted by Gasteiger charge is 2.11. The number of rotatable bonds is 2. The minimum Gasteiger partial charge on any atom is -0.515 e.